The molecule has 1 aromatic heterocycles. The second kappa shape index (κ2) is 2.51. The predicted molar refractivity (Wildman–Crippen MR) is 45.6 cm³/mol. The van der Waals surface area contributed by atoms with Crippen LogP contribution in [0.2, 0.25) is 5.15 Å². The van der Waals surface area contributed by atoms with E-state index >= 15 is 0 Å². The van der Waals surface area contributed by atoms with Gasteiger partial charge in [0, 0.05) is 11.6 Å². The van der Waals surface area contributed by atoms with Crippen LogP contribution in [0.25, 0.3) is 10.8 Å². The van der Waals surface area contributed by atoms with E-state index in [2.05, 4.69) is 11.1 Å². The molecule has 0 saturated heterocycles. The molecule has 0 fully saturated rings. The number of benzene rings is 1. The number of nitrogens with zero attached hydrogens (tertiary/aromatic N) is 1. The maximum Gasteiger partial charge on any atom is 0.129 e. The summed E-state index contributed by atoms with van der Waals surface area (Å²) in [5, 5.41) is 2.59. The molecule has 0 N–H and O–H groups in total. The minimum Gasteiger partial charge on any atom is -0.244 e. The van der Waals surface area contributed by atoms with E-state index in [0.717, 1.165) is 10.8 Å². The van der Waals surface area contributed by atoms with Gasteiger partial charge in [-0.1, -0.05) is 29.8 Å². The van der Waals surface area contributed by atoms with Crippen molar-refractivity contribution in [1.82, 2.24) is 4.98 Å². The summed E-state index contributed by atoms with van der Waals surface area (Å²) in [6.45, 7) is 0. The fourth-order valence-corrected chi connectivity index (χ4v) is 1.15. The molecule has 0 atom stereocenters. The van der Waals surface area contributed by atoms with E-state index in [9.17, 15) is 0 Å². The van der Waals surface area contributed by atoms with E-state index in [1.807, 2.05) is 18.2 Å². The second-order valence-corrected chi connectivity index (χ2v) is 2.65. The Morgan fingerprint density at radius 3 is 3.27 bits per heavy atom. The first-order valence-electron chi connectivity index (χ1n) is 3.28. The topological polar surface area (TPSA) is 12.9 Å². The Balaban J connectivity index is 2.83. The maximum absolute atomic E-state index is 5.69. The van der Waals surface area contributed by atoms with Gasteiger partial charge in [0.1, 0.15) is 5.15 Å². The van der Waals surface area contributed by atoms with E-state index in [1.54, 1.807) is 12.3 Å². The lowest BCUT2D eigenvalue weighted by Gasteiger charge is -1.94. The maximum atomic E-state index is 5.69. The summed E-state index contributed by atoms with van der Waals surface area (Å²) in [5.41, 5.74) is 0. The number of halogens is 1. The molecule has 2 rings (SSSR count). The van der Waals surface area contributed by atoms with Gasteiger partial charge in [-0.2, -0.15) is 0 Å². The first-order valence-corrected chi connectivity index (χ1v) is 3.66. The Labute approximate surface area is 69.6 Å². The van der Waals surface area contributed by atoms with Gasteiger partial charge in [0.2, 0.25) is 0 Å². The molecule has 1 radical (unpaired) electrons. The van der Waals surface area contributed by atoms with Gasteiger partial charge in [0.25, 0.3) is 0 Å². The van der Waals surface area contributed by atoms with Gasteiger partial charge in [0.05, 0.1) is 0 Å². The minimum atomic E-state index is 0.514. The van der Waals surface area contributed by atoms with Crippen LogP contribution in [0.4, 0.5) is 0 Å². The van der Waals surface area contributed by atoms with Gasteiger partial charge in [-0.3, -0.25) is 0 Å². The van der Waals surface area contributed by atoms with E-state index < -0.39 is 0 Å². The van der Waals surface area contributed by atoms with Crippen LogP contribution < -0.4 is 0 Å². The molecule has 0 unspecified atom stereocenters. The summed E-state index contributed by atoms with van der Waals surface area (Å²) in [5.74, 6) is 0. The van der Waals surface area contributed by atoms with Gasteiger partial charge in [-0.05, 0) is 17.5 Å². The van der Waals surface area contributed by atoms with Crippen LogP contribution in [0, 0.1) is 6.07 Å². The second-order valence-electron chi connectivity index (χ2n) is 2.26. The number of fused-ring (bicyclic) bond motifs is 1. The highest BCUT2D eigenvalue weighted by Crippen LogP contribution is 2.14. The average Bonchev–Trinajstić information content (AvgIpc) is 2.04. The molecule has 0 saturated carbocycles. The Kier molecular flexibility index (Phi) is 1.51. The molecular formula is C9H5ClN. The summed E-state index contributed by atoms with van der Waals surface area (Å²) in [7, 11) is 0. The van der Waals surface area contributed by atoms with E-state index in [4.69, 9.17) is 11.6 Å². The molecule has 1 aromatic carbocycles. The molecule has 0 amide bonds. The van der Waals surface area contributed by atoms with Gasteiger partial charge >= 0.3 is 0 Å². The molecule has 0 bridgehead atoms. The smallest absolute Gasteiger partial charge is 0.129 e. The standard InChI is InChI=1S/C9H5ClN/c10-9-5-7-3-1-2-4-8(7)6-11-9/h1-2,4-6H. The normalized spacial score (nSPS) is 10.3. The number of hydrogen-bond acceptors (Lipinski definition) is 1. The van der Waals surface area contributed by atoms with Gasteiger partial charge in [-0.25, -0.2) is 4.98 Å². The molecule has 2 heteroatoms. The molecule has 2 aromatic rings. The Morgan fingerprint density at radius 1 is 1.45 bits per heavy atom. The molecular weight excluding hydrogens is 158 g/mol. The lowest BCUT2D eigenvalue weighted by Crippen LogP contribution is -1.75. The zero-order chi connectivity index (χ0) is 7.68. The highest BCUT2D eigenvalue weighted by atomic mass is 35.5. The molecule has 0 aliphatic carbocycles. The van der Waals surface area contributed by atoms with Gasteiger partial charge < -0.3 is 0 Å². The molecule has 0 aliphatic heterocycles. The quantitative estimate of drug-likeness (QED) is 0.543. The molecule has 11 heavy (non-hydrogen) atoms. The van der Waals surface area contributed by atoms with Crippen molar-refractivity contribution in [2.75, 3.05) is 0 Å². The van der Waals surface area contributed by atoms with Crippen LogP contribution in [0.15, 0.2) is 30.5 Å². The molecule has 53 valence electrons. The zero-order valence-corrected chi connectivity index (χ0v) is 6.47. The van der Waals surface area contributed by atoms with Crippen LogP contribution in [-0.2, 0) is 0 Å². The van der Waals surface area contributed by atoms with Crippen LogP contribution >= 0.6 is 11.6 Å². The van der Waals surface area contributed by atoms with E-state index in [-0.39, 0.29) is 0 Å². The highest BCUT2D eigenvalue weighted by Gasteiger charge is 1.92. The summed E-state index contributed by atoms with van der Waals surface area (Å²) in [6, 6.07) is 10.6. The summed E-state index contributed by atoms with van der Waals surface area (Å²) in [4.78, 5) is 3.95. The van der Waals surface area contributed by atoms with Crippen molar-refractivity contribution < 1.29 is 0 Å². The van der Waals surface area contributed by atoms with Crippen molar-refractivity contribution in [3.63, 3.8) is 0 Å². The first-order chi connectivity index (χ1) is 5.36. The fraction of sp³-hybridized carbons (Fsp3) is 0. The van der Waals surface area contributed by atoms with Gasteiger partial charge in [0.15, 0.2) is 0 Å². The number of aromatic nitrogens is 1. The van der Waals surface area contributed by atoms with Crippen LogP contribution in [-0.4, -0.2) is 4.98 Å². The number of pyridine rings is 1. The molecule has 1 heterocycles. The summed E-state index contributed by atoms with van der Waals surface area (Å²) < 4.78 is 0. The first kappa shape index (κ1) is 6.62. The molecule has 0 spiro atoms. The largest absolute Gasteiger partial charge is 0.244 e. The van der Waals surface area contributed by atoms with Crippen molar-refractivity contribution in [3.05, 3.63) is 41.7 Å². The van der Waals surface area contributed by atoms with Crippen molar-refractivity contribution in [2.45, 2.75) is 0 Å². The monoisotopic (exact) mass is 162 g/mol. The predicted octanol–water partition coefficient (Wildman–Crippen LogP) is 2.69. The zero-order valence-electron chi connectivity index (χ0n) is 5.71. The fourth-order valence-electron chi connectivity index (χ4n) is 0.988. The SMILES string of the molecule is Clc1cc2[c]cccc2cn1. The average molecular weight is 163 g/mol. The lowest BCUT2D eigenvalue weighted by atomic mass is 10.2. The van der Waals surface area contributed by atoms with Crippen LogP contribution in [0.1, 0.15) is 0 Å². The van der Waals surface area contributed by atoms with Crippen molar-refractivity contribution >= 4 is 22.4 Å². The van der Waals surface area contributed by atoms with Crippen molar-refractivity contribution in [2.24, 2.45) is 0 Å². The third kappa shape index (κ3) is 1.19. The van der Waals surface area contributed by atoms with Crippen LogP contribution in [0.5, 0.6) is 0 Å². The Bertz CT molecular complexity index is 384. The van der Waals surface area contributed by atoms with E-state index in [0.29, 0.717) is 5.15 Å². The summed E-state index contributed by atoms with van der Waals surface area (Å²) in [6.07, 6.45) is 1.74. The van der Waals surface area contributed by atoms with Crippen molar-refractivity contribution in [3.8, 4) is 0 Å². The van der Waals surface area contributed by atoms with Gasteiger partial charge in [-0.15, -0.1) is 0 Å². The molecule has 1 nitrogen and oxygen atoms in total. The number of rotatable bonds is 0. The molecule has 0 aliphatic rings. The highest BCUT2D eigenvalue weighted by molar-refractivity contribution is 6.30. The Morgan fingerprint density at radius 2 is 2.36 bits per heavy atom. The van der Waals surface area contributed by atoms with Crippen LogP contribution in [0.3, 0.4) is 0 Å². The summed E-state index contributed by atoms with van der Waals surface area (Å²) >= 11 is 5.69. The number of hydrogen-bond donors (Lipinski definition) is 0. The third-order valence-corrected chi connectivity index (χ3v) is 1.72. The Hall–Kier alpha value is -1.08. The van der Waals surface area contributed by atoms with Crippen molar-refractivity contribution in [1.29, 1.82) is 0 Å². The minimum absolute atomic E-state index is 0.514. The third-order valence-electron chi connectivity index (χ3n) is 1.51. The van der Waals surface area contributed by atoms with E-state index in [1.165, 1.54) is 0 Å². The lowest BCUT2D eigenvalue weighted by molar-refractivity contribution is 1.36.